The Labute approximate surface area is 113 Å². The minimum absolute atomic E-state index is 0.157. The molecule has 0 spiro atoms. The van der Waals surface area contributed by atoms with Crippen LogP contribution < -0.4 is 5.32 Å². The molecule has 0 aliphatic carbocycles. The fourth-order valence-corrected chi connectivity index (χ4v) is 2.61. The molecule has 19 heavy (non-hydrogen) atoms. The number of nitrogens with one attached hydrogen (secondary N) is 1. The molecule has 3 rings (SSSR count). The van der Waals surface area contributed by atoms with E-state index in [-0.39, 0.29) is 6.04 Å². The van der Waals surface area contributed by atoms with E-state index >= 15 is 0 Å². The molecule has 2 heteroatoms. The molecule has 0 radical (unpaired) electrons. The van der Waals surface area contributed by atoms with Gasteiger partial charge in [-0.05, 0) is 31.2 Å². The van der Waals surface area contributed by atoms with E-state index < -0.39 is 0 Å². The first-order valence-corrected chi connectivity index (χ1v) is 6.50. The van der Waals surface area contributed by atoms with Crippen molar-refractivity contribution in [2.24, 2.45) is 0 Å². The van der Waals surface area contributed by atoms with E-state index in [0.717, 1.165) is 5.58 Å². The predicted molar refractivity (Wildman–Crippen MR) is 78.3 cm³/mol. The third-order valence-electron chi connectivity index (χ3n) is 3.61. The first-order chi connectivity index (χ1) is 9.31. The summed E-state index contributed by atoms with van der Waals surface area (Å²) in [6.45, 7) is 2.14. The Morgan fingerprint density at radius 1 is 0.947 bits per heavy atom. The molecule has 2 nitrogen and oxygen atoms in total. The summed E-state index contributed by atoms with van der Waals surface area (Å²) in [5.74, 6) is 0. The van der Waals surface area contributed by atoms with Crippen molar-refractivity contribution in [3.63, 3.8) is 0 Å². The fraction of sp³-hybridized carbons (Fsp3) is 0.176. The van der Waals surface area contributed by atoms with Crippen molar-refractivity contribution in [3.8, 4) is 0 Å². The van der Waals surface area contributed by atoms with E-state index in [9.17, 15) is 0 Å². The van der Waals surface area contributed by atoms with E-state index in [1.165, 1.54) is 22.1 Å². The Balaban J connectivity index is 2.15. The number of hydrogen-bond acceptors (Lipinski definition) is 2. The van der Waals surface area contributed by atoms with Gasteiger partial charge in [0.25, 0.3) is 0 Å². The van der Waals surface area contributed by atoms with Crippen LogP contribution in [0.15, 0.2) is 59.2 Å². The van der Waals surface area contributed by atoms with Gasteiger partial charge in [-0.25, -0.2) is 0 Å². The maximum Gasteiger partial charge on any atom is 0.134 e. The molecule has 3 aromatic rings. The molecule has 0 bridgehead atoms. The molecule has 1 N–H and O–H groups in total. The van der Waals surface area contributed by atoms with Gasteiger partial charge in [0, 0.05) is 10.9 Å². The summed E-state index contributed by atoms with van der Waals surface area (Å²) in [6, 6.07) is 16.8. The Kier molecular flexibility index (Phi) is 3.10. The number of rotatable bonds is 3. The second kappa shape index (κ2) is 4.90. The van der Waals surface area contributed by atoms with Crippen LogP contribution in [-0.2, 0) is 0 Å². The van der Waals surface area contributed by atoms with E-state index in [1.807, 2.05) is 31.5 Å². The molecular formula is C17H17NO. The lowest BCUT2D eigenvalue weighted by atomic mass is 9.95. The molecule has 0 fully saturated rings. The van der Waals surface area contributed by atoms with Gasteiger partial charge in [-0.3, -0.25) is 0 Å². The lowest BCUT2D eigenvalue weighted by Crippen LogP contribution is -2.18. The molecule has 0 amide bonds. The van der Waals surface area contributed by atoms with Gasteiger partial charge >= 0.3 is 0 Å². The standard InChI is InChI=1S/C17H17NO/c1-12-7-3-4-8-13(12)17(18-2)15-11-19-16-10-6-5-9-14(15)16/h3-11,17-18H,1-2H3. The lowest BCUT2D eigenvalue weighted by molar-refractivity contribution is 0.596. The van der Waals surface area contributed by atoms with Crippen LogP contribution in [0.3, 0.4) is 0 Å². The minimum Gasteiger partial charge on any atom is -0.464 e. The predicted octanol–water partition coefficient (Wildman–Crippen LogP) is 4.05. The van der Waals surface area contributed by atoms with Crippen LogP contribution in [0.25, 0.3) is 11.0 Å². The first kappa shape index (κ1) is 12.0. The van der Waals surface area contributed by atoms with Gasteiger partial charge in [0.15, 0.2) is 0 Å². The largest absolute Gasteiger partial charge is 0.464 e. The molecule has 2 aromatic carbocycles. The number of para-hydroxylation sites is 1. The van der Waals surface area contributed by atoms with Gasteiger partial charge in [-0.1, -0.05) is 42.5 Å². The second-order valence-corrected chi connectivity index (χ2v) is 4.77. The summed E-state index contributed by atoms with van der Waals surface area (Å²) >= 11 is 0. The summed E-state index contributed by atoms with van der Waals surface area (Å²) < 4.78 is 5.65. The van der Waals surface area contributed by atoms with Gasteiger partial charge < -0.3 is 9.73 Å². The van der Waals surface area contributed by atoms with Crippen molar-refractivity contribution in [1.82, 2.24) is 5.32 Å². The Morgan fingerprint density at radius 2 is 1.68 bits per heavy atom. The van der Waals surface area contributed by atoms with E-state index in [0.29, 0.717) is 0 Å². The quantitative estimate of drug-likeness (QED) is 0.759. The van der Waals surface area contributed by atoms with Crippen LogP contribution in [0.5, 0.6) is 0 Å². The van der Waals surface area contributed by atoms with Crippen molar-refractivity contribution in [3.05, 3.63) is 71.5 Å². The minimum atomic E-state index is 0.157. The summed E-state index contributed by atoms with van der Waals surface area (Å²) in [6.07, 6.45) is 1.86. The summed E-state index contributed by atoms with van der Waals surface area (Å²) in [5, 5.41) is 4.57. The first-order valence-electron chi connectivity index (χ1n) is 6.50. The highest BCUT2D eigenvalue weighted by Crippen LogP contribution is 2.31. The van der Waals surface area contributed by atoms with Crippen LogP contribution in [-0.4, -0.2) is 7.05 Å². The average Bonchev–Trinajstić information content (AvgIpc) is 2.86. The van der Waals surface area contributed by atoms with Gasteiger partial charge in [0.2, 0.25) is 0 Å². The molecule has 1 unspecified atom stereocenters. The molecule has 0 aliphatic heterocycles. The van der Waals surface area contributed by atoms with Crippen LogP contribution in [0.1, 0.15) is 22.7 Å². The molecule has 1 aromatic heterocycles. The van der Waals surface area contributed by atoms with Crippen molar-refractivity contribution >= 4 is 11.0 Å². The lowest BCUT2D eigenvalue weighted by Gasteiger charge is -2.18. The maximum absolute atomic E-state index is 5.65. The van der Waals surface area contributed by atoms with Crippen molar-refractivity contribution in [2.45, 2.75) is 13.0 Å². The van der Waals surface area contributed by atoms with E-state index in [1.54, 1.807) is 0 Å². The number of furan rings is 1. The summed E-state index contributed by atoms with van der Waals surface area (Å²) in [5.41, 5.74) is 4.70. The topological polar surface area (TPSA) is 25.2 Å². The monoisotopic (exact) mass is 251 g/mol. The van der Waals surface area contributed by atoms with Crippen molar-refractivity contribution in [1.29, 1.82) is 0 Å². The normalized spacial score (nSPS) is 12.7. The van der Waals surface area contributed by atoms with Crippen molar-refractivity contribution in [2.75, 3.05) is 7.05 Å². The van der Waals surface area contributed by atoms with E-state index in [2.05, 4.69) is 42.6 Å². The van der Waals surface area contributed by atoms with Crippen LogP contribution in [0.4, 0.5) is 0 Å². The number of hydrogen-bond donors (Lipinski definition) is 1. The molecule has 0 saturated heterocycles. The van der Waals surface area contributed by atoms with Gasteiger partial charge in [-0.15, -0.1) is 0 Å². The van der Waals surface area contributed by atoms with Crippen LogP contribution in [0, 0.1) is 6.92 Å². The number of aryl methyl sites for hydroxylation is 1. The molecule has 0 aliphatic rings. The third-order valence-corrected chi connectivity index (χ3v) is 3.61. The maximum atomic E-state index is 5.65. The van der Waals surface area contributed by atoms with Crippen LogP contribution >= 0.6 is 0 Å². The highest BCUT2D eigenvalue weighted by atomic mass is 16.3. The highest BCUT2D eigenvalue weighted by Gasteiger charge is 2.18. The molecule has 1 atom stereocenters. The zero-order valence-electron chi connectivity index (χ0n) is 11.2. The zero-order chi connectivity index (χ0) is 13.2. The zero-order valence-corrected chi connectivity index (χ0v) is 11.2. The molecule has 96 valence electrons. The average molecular weight is 251 g/mol. The van der Waals surface area contributed by atoms with Crippen LogP contribution in [0.2, 0.25) is 0 Å². The molecule has 0 saturated carbocycles. The van der Waals surface area contributed by atoms with Crippen molar-refractivity contribution < 1.29 is 4.42 Å². The fourth-order valence-electron chi connectivity index (χ4n) is 2.61. The van der Waals surface area contributed by atoms with Gasteiger partial charge in [0.05, 0.1) is 12.3 Å². The third kappa shape index (κ3) is 2.04. The smallest absolute Gasteiger partial charge is 0.134 e. The highest BCUT2D eigenvalue weighted by molar-refractivity contribution is 5.82. The summed E-state index contributed by atoms with van der Waals surface area (Å²) in [7, 11) is 1.98. The Bertz CT molecular complexity index is 699. The molecule has 1 heterocycles. The Hall–Kier alpha value is -2.06. The second-order valence-electron chi connectivity index (χ2n) is 4.77. The summed E-state index contributed by atoms with van der Waals surface area (Å²) in [4.78, 5) is 0. The number of fused-ring (bicyclic) bond motifs is 1. The molecular weight excluding hydrogens is 234 g/mol. The number of benzene rings is 2. The van der Waals surface area contributed by atoms with E-state index in [4.69, 9.17) is 4.42 Å². The van der Waals surface area contributed by atoms with Gasteiger partial charge in [-0.2, -0.15) is 0 Å². The Morgan fingerprint density at radius 3 is 2.47 bits per heavy atom. The van der Waals surface area contributed by atoms with Gasteiger partial charge in [0.1, 0.15) is 5.58 Å². The SMILES string of the molecule is CNC(c1ccccc1C)c1coc2ccccc12.